The molecule has 1 N–H and O–H groups in total. The summed E-state index contributed by atoms with van der Waals surface area (Å²) in [6, 6.07) is 6.54. The molecule has 0 saturated heterocycles. The van der Waals surface area contributed by atoms with Gasteiger partial charge in [0.2, 0.25) is 0 Å². The third kappa shape index (κ3) is 4.21. The number of halogens is 3. The second kappa shape index (κ2) is 6.54. The van der Waals surface area contributed by atoms with Gasteiger partial charge in [-0.1, -0.05) is 32.9 Å². The van der Waals surface area contributed by atoms with Crippen molar-refractivity contribution in [1.29, 1.82) is 0 Å². The molecule has 4 nitrogen and oxygen atoms in total. The van der Waals surface area contributed by atoms with Gasteiger partial charge in [0.05, 0.1) is 11.8 Å². The van der Waals surface area contributed by atoms with Crippen molar-refractivity contribution in [2.75, 3.05) is 5.32 Å². The van der Waals surface area contributed by atoms with Crippen LogP contribution >= 0.6 is 0 Å². The van der Waals surface area contributed by atoms with E-state index in [2.05, 4.69) is 31.2 Å². The highest BCUT2D eigenvalue weighted by Crippen LogP contribution is 2.34. The molecule has 0 aliphatic carbocycles. The average molecular weight is 353 g/mol. The van der Waals surface area contributed by atoms with Gasteiger partial charge < -0.3 is 5.32 Å². The minimum absolute atomic E-state index is 0.0512. The predicted octanol–water partition coefficient (Wildman–Crippen LogP) is 5.03. The molecule has 1 aromatic carbocycles. The molecule has 0 fully saturated rings. The second-order valence-electron chi connectivity index (χ2n) is 7.22. The Morgan fingerprint density at radius 1 is 1.12 bits per heavy atom. The van der Waals surface area contributed by atoms with Gasteiger partial charge in [-0.25, -0.2) is 0 Å². The zero-order chi connectivity index (χ0) is 19.0. The summed E-state index contributed by atoms with van der Waals surface area (Å²) in [4.78, 5) is 12.3. The van der Waals surface area contributed by atoms with Crippen LogP contribution in [0.4, 0.5) is 18.9 Å². The summed E-state index contributed by atoms with van der Waals surface area (Å²) in [5, 5.41) is 6.24. The molecule has 25 heavy (non-hydrogen) atoms. The largest absolute Gasteiger partial charge is 0.433 e. The predicted molar refractivity (Wildman–Crippen MR) is 90.7 cm³/mol. The van der Waals surface area contributed by atoms with Crippen molar-refractivity contribution in [3.05, 3.63) is 47.3 Å². The smallest absolute Gasteiger partial charge is 0.322 e. The number of carbonyl (C=O) groups excluding carboxylic acids is 1. The Labute approximate surface area is 145 Å². The zero-order valence-corrected chi connectivity index (χ0v) is 14.9. The fourth-order valence-corrected chi connectivity index (χ4v) is 2.45. The number of amides is 1. The lowest BCUT2D eigenvalue weighted by Gasteiger charge is -2.19. The number of hydrogen-bond donors (Lipinski definition) is 1. The number of rotatable bonds is 3. The fraction of sp³-hybridized carbons (Fsp3) is 0.444. The molecule has 1 aromatic heterocycles. The average Bonchev–Trinajstić information content (AvgIpc) is 2.92. The van der Waals surface area contributed by atoms with Crippen molar-refractivity contribution < 1.29 is 18.0 Å². The number of nitrogens with zero attached hydrogens (tertiary/aromatic N) is 2. The van der Waals surface area contributed by atoms with Gasteiger partial charge in [-0.2, -0.15) is 18.3 Å². The number of aromatic nitrogens is 2. The molecule has 0 aliphatic rings. The molecule has 0 unspecified atom stereocenters. The maximum atomic E-state index is 13.3. The maximum Gasteiger partial charge on any atom is 0.433 e. The van der Waals surface area contributed by atoms with Gasteiger partial charge in [0.25, 0.3) is 5.91 Å². The number of nitrogens with one attached hydrogen (secondary N) is 1. The van der Waals surface area contributed by atoms with Crippen LogP contribution in [0.5, 0.6) is 0 Å². The van der Waals surface area contributed by atoms with E-state index < -0.39 is 29.4 Å². The molecule has 0 aliphatic heterocycles. The molecule has 1 heterocycles. The molecule has 0 atom stereocenters. The first-order chi connectivity index (χ1) is 11.4. The van der Waals surface area contributed by atoms with Gasteiger partial charge in [0.1, 0.15) is 0 Å². The number of hydrogen-bond acceptors (Lipinski definition) is 2. The molecule has 0 bridgehead atoms. The minimum atomic E-state index is -4.66. The van der Waals surface area contributed by atoms with E-state index in [0.717, 1.165) is 16.4 Å². The van der Waals surface area contributed by atoms with Gasteiger partial charge >= 0.3 is 6.18 Å². The molecular weight excluding hydrogens is 331 g/mol. The first kappa shape index (κ1) is 19.0. The maximum absolute atomic E-state index is 13.3. The highest BCUT2D eigenvalue weighted by Gasteiger charge is 2.40. The molecule has 0 saturated carbocycles. The molecule has 2 rings (SSSR count). The number of anilines is 1. The van der Waals surface area contributed by atoms with Crippen LogP contribution in [0.25, 0.3) is 0 Å². The van der Waals surface area contributed by atoms with E-state index in [0.29, 0.717) is 5.69 Å². The Balaban J connectivity index is 2.30. The molecule has 136 valence electrons. The summed E-state index contributed by atoms with van der Waals surface area (Å²) in [5.74, 6) is -0.831. The van der Waals surface area contributed by atoms with Crippen LogP contribution in [-0.2, 0) is 11.6 Å². The second-order valence-corrected chi connectivity index (χ2v) is 7.22. The van der Waals surface area contributed by atoms with E-state index in [9.17, 15) is 18.0 Å². The Hall–Kier alpha value is -2.31. The molecule has 7 heteroatoms. The fourth-order valence-electron chi connectivity index (χ4n) is 2.45. The Kier molecular flexibility index (Phi) is 4.97. The van der Waals surface area contributed by atoms with Gasteiger partial charge in [0.15, 0.2) is 5.69 Å². The molecular formula is C18H22F3N3O. The van der Waals surface area contributed by atoms with Gasteiger partial charge in [-0.15, -0.1) is 0 Å². The van der Waals surface area contributed by atoms with Crippen molar-refractivity contribution in [2.24, 2.45) is 0 Å². The van der Waals surface area contributed by atoms with Crippen molar-refractivity contribution >= 4 is 11.6 Å². The monoisotopic (exact) mass is 353 g/mol. The van der Waals surface area contributed by atoms with E-state index in [1.807, 2.05) is 12.1 Å². The van der Waals surface area contributed by atoms with Crippen molar-refractivity contribution in [3.63, 3.8) is 0 Å². The third-order valence-electron chi connectivity index (χ3n) is 3.81. The lowest BCUT2D eigenvalue weighted by atomic mass is 9.87. The number of carbonyl (C=O) groups is 1. The SMILES string of the molecule is CC(C)n1ncc(C(=O)Nc2ccc(C(C)(C)C)cc2)c1C(F)(F)F. The minimum Gasteiger partial charge on any atom is -0.322 e. The third-order valence-corrected chi connectivity index (χ3v) is 3.81. The van der Waals surface area contributed by atoms with Gasteiger partial charge in [0, 0.05) is 11.7 Å². The van der Waals surface area contributed by atoms with Crippen molar-refractivity contribution in [1.82, 2.24) is 9.78 Å². The summed E-state index contributed by atoms with van der Waals surface area (Å²) in [6.45, 7) is 9.31. The topological polar surface area (TPSA) is 46.9 Å². The van der Waals surface area contributed by atoms with E-state index in [-0.39, 0.29) is 5.41 Å². The van der Waals surface area contributed by atoms with E-state index in [1.54, 1.807) is 26.0 Å². The first-order valence-electron chi connectivity index (χ1n) is 7.98. The highest BCUT2D eigenvalue weighted by molar-refractivity contribution is 6.05. The van der Waals surface area contributed by atoms with Crippen molar-refractivity contribution in [3.8, 4) is 0 Å². The van der Waals surface area contributed by atoms with Crippen LogP contribution in [-0.4, -0.2) is 15.7 Å². The van der Waals surface area contributed by atoms with Crippen LogP contribution in [0.15, 0.2) is 30.5 Å². The lowest BCUT2D eigenvalue weighted by molar-refractivity contribution is -0.145. The summed E-state index contributed by atoms with van der Waals surface area (Å²) >= 11 is 0. The van der Waals surface area contributed by atoms with E-state index in [4.69, 9.17) is 0 Å². The summed E-state index contributed by atoms with van der Waals surface area (Å²) in [7, 11) is 0. The van der Waals surface area contributed by atoms with Crippen molar-refractivity contribution in [2.45, 2.75) is 52.3 Å². The van der Waals surface area contributed by atoms with Crippen LogP contribution < -0.4 is 5.32 Å². The van der Waals surface area contributed by atoms with Crippen LogP contribution in [0.1, 0.15) is 62.3 Å². The zero-order valence-electron chi connectivity index (χ0n) is 14.9. The van der Waals surface area contributed by atoms with Crippen LogP contribution in [0, 0.1) is 0 Å². The van der Waals surface area contributed by atoms with E-state index >= 15 is 0 Å². The molecule has 2 aromatic rings. The summed E-state index contributed by atoms with van der Waals surface area (Å²) < 4.78 is 40.9. The van der Waals surface area contributed by atoms with Gasteiger partial charge in [-0.3, -0.25) is 9.48 Å². The Bertz CT molecular complexity index is 753. The molecule has 0 spiro atoms. The highest BCUT2D eigenvalue weighted by atomic mass is 19.4. The van der Waals surface area contributed by atoms with Gasteiger partial charge in [-0.05, 0) is 37.0 Å². The number of benzene rings is 1. The lowest BCUT2D eigenvalue weighted by Crippen LogP contribution is -2.22. The summed E-state index contributed by atoms with van der Waals surface area (Å²) in [5.41, 5.74) is -0.0744. The quantitative estimate of drug-likeness (QED) is 0.841. The number of alkyl halides is 3. The Morgan fingerprint density at radius 2 is 1.68 bits per heavy atom. The Morgan fingerprint density at radius 3 is 2.12 bits per heavy atom. The first-order valence-corrected chi connectivity index (χ1v) is 7.98. The van der Waals surface area contributed by atoms with Crippen LogP contribution in [0.2, 0.25) is 0 Å². The molecule has 0 radical (unpaired) electrons. The standard InChI is InChI=1S/C18H22F3N3O/c1-11(2)24-15(18(19,20)21)14(10-22-24)16(25)23-13-8-6-12(7-9-13)17(3,4)5/h6-11H,1-5H3,(H,23,25). The molecule has 1 amide bonds. The van der Waals surface area contributed by atoms with E-state index in [1.165, 1.54) is 0 Å². The normalized spacial score (nSPS) is 12.5. The van der Waals surface area contributed by atoms with Crippen LogP contribution in [0.3, 0.4) is 0 Å². The summed E-state index contributed by atoms with van der Waals surface area (Å²) in [6.07, 6.45) is -3.70.